The minimum atomic E-state index is -0.365. The Bertz CT molecular complexity index is 1240. The standard InChI is InChI=1S/C21H20FN5O2/c1-2-5-18-24-25-20-21(29)26(16-6-3-4-7-17(16)27(18)20)13-19(28)23-12-14-8-10-15(22)11-9-14/h3-4,6-11H,2,5,12-13H2,1H3,(H,23,28). The van der Waals surface area contributed by atoms with E-state index in [0.29, 0.717) is 11.9 Å². The van der Waals surface area contributed by atoms with Crippen LogP contribution in [0.1, 0.15) is 24.7 Å². The number of carbonyl (C=O) groups is 1. The highest BCUT2D eigenvalue weighted by Crippen LogP contribution is 2.16. The third-order valence-corrected chi connectivity index (χ3v) is 4.76. The number of aromatic nitrogens is 4. The number of benzene rings is 2. The van der Waals surface area contributed by atoms with Crippen molar-refractivity contribution in [2.75, 3.05) is 0 Å². The molecule has 29 heavy (non-hydrogen) atoms. The number of aryl methyl sites for hydroxylation is 1. The number of halogens is 1. The molecule has 0 saturated heterocycles. The van der Waals surface area contributed by atoms with Crippen molar-refractivity contribution in [2.24, 2.45) is 0 Å². The van der Waals surface area contributed by atoms with Crippen LogP contribution >= 0.6 is 0 Å². The molecule has 0 atom stereocenters. The second-order valence-electron chi connectivity index (χ2n) is 6.81. The average Bonchev–Trinajstić information content (AvgIpc) is 3.15. The van der Waals surface area contributed by atoms with Crippen molar-refractivity contribution in [3.8, 4) is 0 Å². The number of rotatable bonds is 6. The van der Waals surface area contributed by atoms with Gasteiger partial charge in [0, 0.05) is 13.0 Å². The Morgan fingerprint density at radius 1 is 1.07 bits per heavy atom. The van der Waals surface area contributed by atoms with Crippen LogP contribution in [0.15, 0.2) is 53.3 Å². The quantitative estimate of drug-likeness (QED) is 0.546. The minimum absolute atomic E-state index is 0.146. The first kappa shape index (κ1) is 18.8. The third-order valence-electron chi connectivity index (χ3n) is 4.76. The molecule has 2 heterocycles. The molecule has 2 aromatic carbocycles. The maximum Gasteiger partial charge on any atom is 0.297 e. The van der Waals surface area contributed by atoms with E-state index in [2.05, 4.69) is 15.5 Å². The van der Waals surface area contributed by atoms with E-state index in [1.165, 1.54) is 16.7 Å². The summed E-state index contributed by atoms with van der Waals surface area (Å²) in [5, 5.41) is 11.0. The van der Waals surface area contributed by atoms with Crippen LogP contribution in [0.4, 0.5) is 4.39 Å². The highest BCUT2D eigenvalue weighted by atomic mass is 19.1. The Morgan fingerprint density at radius 3 is 2.52 bits per heavy atom. The lowest BCUT2D eigenvalue weighted by Gasteiger charge is -2.13. The van der Waals surface area contributed by atoms with Crippen molar-refractivity contribution in [1.82, 2.24) is 24.5 Å². The molecule has 1 N–H and O–H groups in total. The molecule has 0 saturated carbocycles. The van der Waals surface area contributed by atoms with E-state index < -0.39 is 0 Å². The average molecular weight is 393 g/mol. The largest absolute Gasteiger partial charge is 0.350 e. The van der Waals surface area contributed by atoms with E-state index >= 15 is 0 Å². The normalized spacial score (nSPS) is 11.2. The molecule has 0 aliphatic carbocycles. The van der Waals surface area contributed by atoms with Crippen molar-refractivity contribution in [2.45, 2.75) is 32.9 Å². The number of nitrogens with one attached hydrogen (secondary N) is 1. The predicted molar refractivity (Wildman–Crippen MR) is 107 cm³/mol. The summed E-state index contributed by atoms with van der Waals surface area (Å²) < 4.78 is 16.2. The van der Waals surface area contributed by atoms with Gasteiger partial charge in [0.15, 0.2) is 0 Å². The molecule has 2 aromatic heterocycles. The van der Waals surface area contributed by atoms with E-state index in [-0.39, 0.29) is 36.0 Å². The van der Waals surface area contributed by atoms with Crippen molar-refractivity contribution in [3.63, 3.8) is 0 Å². The Morgan fingerprint density at radius 2 is 1.79 bits per heavy atom. The Hall–Kier alpha value is -3.55. The molecule has 0 aliphatic heterocycles. The van der Waals surface area contributed by atoms with E-state index in [0.717, 1.165) is 23.3 Å². The molecule has 0 bridgehead atoms. The molecule has 0 radical (unpaired) electrons. The third kappa shape index (κ3) is 3.61. The van der Waals surface area contributed by atoms with Crippen LogP contribution in [0.3, 0.4) is 0 Å². The summed E-state index contributed by atoms with van der Waals surface area (Å²) in [7, 11) is 0. The van der Waals surface area contributed by atoms with Crippen molar-refractivity contribution >= 4 is 22.6 Å². The molecule has 4 aromatic rings. The molecule has 0 unspecified atom stereocenters. The van der Waals surface area contributed by atoms with Gasteiger partial charge in [-0.3, -0.25) is 18.6 Å². The summed E-state index contributed by atoms with van der Waals surface area (Å²) in [6.45, 7) is 2.14. The van der Waals surface area contributed by atoms with Gasteiger partial charge in [-0.2, -0.15) is 0 Å². The molecule has 7 nitrogen and oxygen atoms in total. The van der Waals surface area contributed by atoms with Gasteiger partial charge >= 0.3 is 0 Å². The number of hydrogen-bond donors (Lipinski definition) is 1. The van der Waals surface area contributed by atoms with Gasteiger partial charge < -0.3 is 5.32 Å². The molecule has 1 amide bonds. The zero-order valence-electron chi connectivity index (χ0n) is 15.9. The molecule has 0 aliphatic rings. The van der Waals surface area contributed by atoms with Gasteiger partial charge in [-0.05, 0) is 36.2 Å². The summed E-state index contributed by atoms with van der Waals surface area (Å²) in [6.07, 6.45) is 1.58. The minimum Gasteiger partial charge on any atom is -0.350 e. The van der Waals surface area contributed by atoms with Gasteiger partial charge in [-0.15, -0.1) is 10.2 Å². The first-order valence-electron chi connectivity index (χ1n) is 9.45. The molecular weight excluding hydrogens is 373 g/mol. The molecule has 0 fully saturated rings. The molecular formula is C21H20FN5O2. The fourth-order valence-electron chi connectivity index (χ4n) is 3.36. The number of fused-ring (bicyclic) bond motifs is 3. The zero-order valence-corrected chi connectivity index (χ0v) is 15.9. The molecule has 0 spiro atoms. The zero-order chi connectivity index (χ0) is 20.4. The van der Waals surface area contributed by atoms with Crippen LogP contribution < -0.4 is 10.9 Å². The lowest BCUT2D eigenvalue weighted by atomic mass is 10.2. The number of para-hydroxylation sites is 2. The first-order chi connectivity index (χ1) is 14.1. The monoisotopic (exact) mass is 393 g/mol. The summed E-state index contributed by atoms with van der Waals surface area (Å²) >= 11 is 0. The lowest BCUT2D eigenvalue weighted by molar-refractivity contribution is -0.121. The summed E-state index contributed by atoms with van der Waals surface area (Å²) in [5.74, 6) is 0.0742. The van der Waals surface area contributed by atoms with Crippen LogP contribution in [0.5, 0.6) is 0 Å². The first-order valence-corrected chi connectivity index (χ1v) is 9.45. The maximum absolute atomic E-state index is 13.0. The van der Waals surface area contributed by atoms with E-state index in [4.69, 9.17) is 0 Å². The molecule has 8 heteroatoms. The van der Waals surface area contributed by atoms with Crippen LogP contribution in [0, 0.1) is 5.82 Å². The SMILES string of the molecule is CCCc1nnc2c(=O)n(CC(=O)NCc3ccc(F)cc3)c3ccccc3n12. The smallest absolute Gasteiger partial charge is 0.297 e. The van der Waals surface area contributed by atoms with Gasteiger partial charge in [0.05, 0.1) is 11.0 Å². The van der Waals surface area contributed by atoms with E-state index in [1.54, 1.807) is 22.6 Å². The lowest BCUT2D eigenvalue weighted by Crippen LogP contribution is -2.33. The highest BCUT2D eigenvalue weighted by Gasteiger charge is 2.17. The van der Waals surface area contributed by atoms with Gasteiger partial charge in [0.1, 0.15) is 18.2 Å². The van der Waals surface area contributed by atoms with Gasteiger partial charge in [-0.1, -0.05) is 31.2 Å². The second-order valence-corrected chi connectivity index (χ2v) is 6.81. The van der Waals surface area contributed by atoms with Crippen molar-refractivity contribution in [3.05, 3.63) is 76.1 Å². The topological polar surface area (TPSA) is 81.3 Å². The van der Waals surface area contributed by atoms with E-state index in [9.17, 15) is 14.0 Å². The summed E-state index contributed by atoms with van der Waals surface area (Å²) in [6, 6.07) is 13.3. The van der Waals surface area contributed by atoms with Crippen molar-refractivity contribution < 1.29 is 9.18 Å². The van der Waals surface area contributed by atoms with Crippen LogP contribution in [0.2, 0.25) is 0 Å². The Kier molecular flexibility index (Phi) is 5.07. The van der Waals surface area contributed by atoms with Crippen LogP contribution in [0.25, 0.3) is 16.7 Å². The Labute approximate surface area is 165 Å². The maximum atomic E-state index is 13.0. The summed E-state index contributed by atoms with van der Waals surface area (Å²) in [5.41, 5.74) is 2.03. The van der Waals surface area contributed by atoms with E-state index in [1.807, 2.05) is 25.1 Å². The predicted octanol–water partition coefficient (Wildman–Crippen LogP) is 2.45. The highest BCUT2D eigenvalue weighted by molar-refractivity contribution is 5.82. The fourth-order valence-corrected chi connectivity index (χ4v) is 3.36. The summed E-state index contributed by atoms with van der Waals surface area (Å²) in [4.78, 5) is 25.5. The second kappa shape index (κ2) is 7.83. The molecule has 4 rings (SSSR count). The van der Waals surface area contributed by atoms with Crippen LogP contribution in [-0.2, 0) is 24.3 Å². The van der Waals surface area contributed by atoms with Gasteiger partial charge in [0.25, 0.3) is 5.56 Å². The number of carbonyl (C=O) groups excluding carboxylic acids is 1. The van der Waals surface area contributed by atoms with Gasteiger partial charge in [-0.25, -0.2) is 4.39 Å². The molecule has 148 valence electrons. The number of hydrogen-bond acceptors (Lipinski definition) is 4. The van der Waals surface area contributed by atoms with Gasteiger partial charge in [0.2, 0.25) is 11.6 Å². The number of nitrogens with zero attached hydrogens (tertiary/aromatic N) is 4. The van der Waals surface area contributed by atoms with Crippen molar-refractivity contribution in [1.29, 1.82) is 0 Å². The van der Waals surface area contributed by atoms with Crippen LogP contribution in [-0.4, -0.2) is 25.1 Å². The Balaban J connectivity index is 1.67. The fraction of sp³-hybridized carbons (Fsp3) is 0.238. The number of amides is 1.